The summed E-state index contributed by atoms with van der Waals surface area (Å²) in [7, 11) is 0. The molecule has 0 amide bonds. The first-order valence-corrected chi connectivity index (χ1v) is 11.6. The van der Waals surface area contributed by atoms with Gasteiger partial charge in [-0.3, -0.25) is 0 Å². The molecule has 8 heteroatoms. The highest BCUT2D eigenvalue weighted by Gasteiger charge is 2.17. The van der Waals surface area contributed by atoms with Gasteiger partial charge in [-0.1, -0.05) is 37.3 Å². The molecule has 0 spiro atoms. The fourth-order valence-corrected chi connectivity index (χ4v) is 4.30. The third-order valence-electron chi connectivity index (χ3n) is 5.14. The highest BCUT2D eigenvalue weighted by Crippen LogP contribution is 2.36. The Balaban J connectivity index is 1.41. The molecule has 0 aliphatic carbocycles. The quantitative estimate of drug-likeness (QED) is 0.310. The number of nitrogens with zero attached hydrogens (tertiary/aromatic N) is 3. The van der Waals surface area contributed by atoms with Gasteiger partial charge in [0, 0.05) is 28.9 Å². The number of nitrogens with one attached hydrogen (secondary N) is 1. The number of hydrogen-bond acceptors (Lipinski definition) is 7. The fraction of sp³-hybridized carbons (Fsp3) is 0.160. The van der Waals surface area contributed by atoms with Crippen LogP contribution in [0.25, 0.3) is 32.7 Å². The Morgan fingerprint density at radius 3 is 2.70 bits per heavy atom. The normalized spacial score (nSPS) is 11.1. The largest absolute Gasteiger partial charge is 0.493 e. The minimum absolute atomic E-state index is 0.218. The molecule has 4 aromatic heterocycles. The van der Waals surface area contributed by atoms with E-state index in [2.05, 4.69) is 68.6 Å². The summed E-state index contributed by atoms with van der Waals surface area (Å²) in [6.07, 6.45) is 4.37. The predicted octanol–water partition coefficient (Wildman–Crippen LogP) is 5.70. The summed E-state index contributed by atoms with van der Waals surface area (Å²) in [6.45, 7) is 3.06. The van der Waals surface area contributed by atoms with Gasteiger partial charge in [-0.05, 0) is 35.1 Å². The summed E-state index contributed by atoms with van der Waals surface area (Å²) < 4.78 is 12.1. The number of nitrogen functional groups attached to an aromatic ring is 1. The van der Waals surface area contributed by atoms with Crippen molar-refractivity contribution in [3.8, 4) is 33.3 Å². The molecule has 166 valence electrons. The molecule has 1 aromatic carbocycles. The van der Waals surface area contributed by atoms with Crippen LogP contribution < -0.4 is 15.2 Å². The number of benzene rings is 1. The molecule has 0 radical (unpaired) electrons. The zero-order valence-electron chi connectivity index (χ0n) is 18.1. The van der Waals surface area contributed by atoms with Gasteiger partial charge in [-0.2, -0.15) is 4.98 Å². The number of ether oxygens (including phenoxy) is 2. The molecule has 33 heavy (non-hydrogen) atoms. The average molecular weight is 458 g/mol. The Bertz CT molecular complexity index is 1360. The SMILES string of the molecule is CCCOc1cc(OCc2ccc(-c3cccs3)cc2)nc2[nH]cc(-c3ccnc(N)n3)c12. The number of pyridine rings is 1. The highest BCUT2D eigenvalue weighted by molar-refractivity contribution is 7.13. The molecule has 3 N–H and O–H groups in total. The molecular formula is C25H23N5O2S. The molecule has 0 aliphatic rings. The van der Waals surface area contributed by atoms with Crippen LogP contribution in [0, 0.1) is 0 Å². The van der Waals surface area contributed by atoms with Crippen molar-refractivity contribution in [3.05, 3.63) is 71.9 Å². The maximum Gasteiger partial charge on any atom is 0.220 e. The number of fused-ring (bicyclic) bond motifs is 1. The zero-order valence-corrected chi connectivity index (χ0v) is 18.9. The van der Waals surface area contributed by atoms with Crippen molar-refractivity contribution >= 4 is 28.3 Å². The Kier molecular flexibility index (Phi) is 5.91. The third kappa shape index (κ3) is 4.51. The van der Waals surface area contributed by atoms with E-state index in [-0.39, 0.29) is 5.95 Å². The van der Waals surface area contributed by atoms with E-state index in [1.807, 2.05) is 18.3 Å². The summed E-state index contributed by atoms with van der Waals surface area (Å²) >= 11 is 1.73. The average Bonchev–Trinajstić information content (AvgIpc) is 3.52. The summed E-state index contributed by atoms with van der Waals surface area (Å²) in [4.78, 5) is 17.4. The van der Waals surface area contributed by atoms with Crippen LogP contribution in [0.15, 0.2) is 66.3 Å². The van der Waals surface area contributed by atoms with Gasteiger partial charge in [0.15, 0.2) is 0 Å². The molecule has 5 rings (SSSR count). The molecule has 0 bridgehead atoms. The molecule has 0 aliphatic heterocycles. The van der Waals surface area contributed by atoms with E-state index in [1.54, 1.807) is 17.5 Å². The van der Waals surface area contributed by atoms with E-state index in [1.165, 1.54) is 10.4 Å². The van der Waals surface area contributed by atoms with Crippen molar-refractivity contribution in [2.24, 2.45) is 0 Å². The van der Waals surface area contributed by atoms with E-state index >= 15 is 0 Å². The van der Waals surface area contributed by atoms with Crippen molar-refractivity contribution in [3.63, 3.8) is 0 Å². The molecule has 0 fully saturated rings. The van der Waals surface area contributed by atoms with Crippen LogP contribution in [0.3, 0.4) is 0 Å². The van der Waals surface area contributed by atoms with Gasteiger partial charge in [0.1, 0.15) is 18.0 Å². The van der Waals surface area contributed by atoms with Crippen LogP contribution in [-0.2, 0) is 6.61 Å². The van der Waals surface area contributed by atoms with Crippen LogP contribution in [0.4, 0.5) is 5.95 Å². The monoisotopic (exact) mass is 457 g/mol. The summed E-state index contributed by atoms with van der Waals surface area (Å²) in [6, 6.07) is 16.2. The second kappa shape index (κ2) is 9.30. The number of rotatable bonds is 8. The molecule has 5 aromatic rings. The van der Waals surface area contributed by atoms with Gasteiger partial charge >= 0.3 is 0 Å². The summed E-state index contributed by atoms with van der Waals surface area (Å²) in [5.74, 6) is 1.40. The number of H-pyrrole nitrogens is 1. The number of hydrogen-bond donors (Lipinski definition) is 2. The number of thiophene rings is 1. The van der Waals surface area contributed by atoms with Crippen LogP contribution in [-0.4, -0.2) is 26.5 Å². The lowest BCUT2D eigenvalue weighted by molar-refractivity contribution is 0.287. The Morgan fingerprint density at radius 2 is 1.94 bits per heavy atom. The van der Waals surface area contributed by atoms with E-state index in [0.29, 0.717) is 36.2 Å². The molecule has 0 atom stereocenters. The first-order valence-electron chi connectivity index (χ1n) is 10.7. The van der Waals surface area contributed by atoms with Gasteiger partial charge in [0.05, 0.1) is 17.7 Å². The first-order chi connectivity index (χ1) is 16.2. The molecular weight excluding hydrogens is 434 g/mol. The zero-order chi connectivity index (χ0) is 22.6. The minimum Gasteiger partial charge on any atom is -0.493 e. The van der Waals surface area contributed by atoms with Crippen molar-refractivity contribution < 1.29 is 9.47 Å². The van der Waals surface area contributed by atoms with Crippen molar-refractivity contribution in [2.75, 3.05) is 12.3 Å². The van der Waals surface area contributed by atoms with Crippen LogP contribution in [0.5, 0.6) is 11.6 Å². The third-order valence-corrected chi connectivity index (χ3v) is 6.06. The van der Waals surface area contributed by atoms with Gasteiger partial charge in [0.25, 0.3) is 0 Å². The van der Waals surface area contributed by atoms with Gasteiger partial charge < -0.3 is 20.2 Å². The Morgan fingerprint density at radius 1 is 1.06 bits per heavy atom. The molecule has 0 unspecified atom stereocenters. The minimum atomic E-state index is 0.218. The van der Waals surface area contributed by atoms with Gasteiger partial charge in [0.2, 0.25) is 11.8 Å². The molecule has 7 nitrogen and oxygen atoms in total. The fourth-order valence-electron chi connectivity index (χ4n) is 3.57. The predicted molar refractivity (Wildman–Crippen MR) is 131 cm³/mol. The van der Waals surface area contributed by atoms with E-state index in [4.69, 9.17) is 15.2 Å². The molecule has 4 heterocycles. The Labute approximate surface area is 195 Å². The number of aromatic amines is 1. The maximum atomic E-state index is 6.06. The number of anilines is 1. The summed E-state index contributed by atoms with van der Waals surface area (Å²) in [5.41, 5.74) is 10.3. The van der Waals surface area contributed by atoms with E-state index in [9.17, 15) is 0 Å². The second-order valence-corrected chi connectivity index (χ2v) is 8.44. The van der Waals surface area contributed by atoms with Crippen LogP contribution >= 0.6 is 11.3 Å². The smallest absolute Gasteiger partial charge is 0.220 e. The summed E-state index contributed by atoms with van der Waals surface area (Å²) in [5, 5.41) is 2.92. The van der Waals surface area contributed by atoms with Crippen molar-refractivity contribution in [2.45, 2.75) is 20.0 Å². The standard InChI is InChI=1S/C25H23N5O2S/c1-2-11-31-20-13-22(32-15-16-5-7-17(8-6-16)21-4-3-12-33-21)30-24-23(20)18(14-28-24)19-9-10-27-25(26)29-19/h3-10,12-14H,2,11,15H2,1H3,(H,28,30)(H2,26,27,29). The lowest BCUT2D eigenvalue weighted by Crippen LogP contribution is -2.01. The topological polar surface area (TPSA) is 98.9 Å². The Hall–Kier alpha value is -3.91. The number of aromatic nitrogens is 4. The van der Waals surface area contributed by atoms with Gasteiger partial charge in [-0.25, -0.2) is 9.97 Å². The van der Waals surface area contributed by atoms with E-state index in [0.717, 1.165) is 22.9 Å². The first kappa shape index (κ1) is 21.0. The van der Waals surface area contributed by atoms with Crippen LogP contribution in [0.1, 0.15) is 18.9 Å². The molecule has 0 saturated heterocycles. The lowest BCUT2D eigenvalue weighted by Gasteiger charge is -2.11. The highest BCUT2D eigenvalue weighted by atomic mass is 32.1. The molecule has 0 saturated carbocycles. The lowest BCUT2D eigenvalue weighted by atomic mass is 10.1. The number of nitrogens with two attached hydrogens (primary N) is 1. The van der Waals surface area contributed by atoms with Crippen LogP contribution in [0.2, 0.25) is 0 Å². The maximum absolute atomic E-state index is 6.06. The second-order valence-electron chi connectivity index (χ2n) is 7.50. The van der Waals surface area contributed by atoms with Crippen molar-refractivity contribution in [1.29, 1.82) is 0 Å². The van der Waals surface area contributed by atoms with Gasteiger partial charge in [-0.15, -0.1) is 11.3 Å². The van der Waals surface area contributed by atoms with Crippen molar-refractivity contribution in [1.82, 2.24) is 19.9 Å². The van der Waals surface area contributed by atoms with E-state index < -0.39 is 0 Å².